The number of aliphatic hydroxyl groups excluding tert-OH is 2. The lowest BCUT2D eigenvalue weighted by atomic mass is 9.43. The van der Waals surface area contributed by atoms with Crippen molar-refractivity contribution < 1.29 is 19.7 Å². The highest BCUT2D eigenvalue weighted by molar-refractivity contribution is 5.69. The lowest BCUT2D eigenvalue weighted by molar-refractivity contribution is -0.202. The molecule has 172 valence electrons. The molecule has 30 heavy (non-hydrogen) atoms. The van der Waals surface area contributed by atoms with Crippen LogP contribution in [0.25, 0.3) is 0 Å². The van der Waals surface area contributed by atoms with Crippen molar-refractivity contribution in [2.45, 2.75) is 96.8 Å². The van der Waals surface area contributed by atoms with E-state index in [2.05, 4.69) is 20.8 Å². The van der Waals surface area contributed by atoms with Crippen LogP contribution in [0.5, 0.6) is 0 Å². The number of methoxy groups -OCH3 is 1. The predicted molar refractivity (Wildman–Crippen MR) is 116 cm³/mol. The van der Waals surface area contributed by atoms with Crippen LogP contribution in [-0.4, -0.2) is 41.5 Å². The summed E-state index contributed by atoms with van der Waals surface area (Å²) < 4.78 is 4.84. The molecule has 0 aromatic carbocycles. The van der Waals surface area contributed by atoms with E-state index in [4.69, 9.17) is 10.5 Å². The maximum absolute atomic E-state index is 11.7. The summed E-state index contributed by atoms with van der Waals surface area (Å²) in [6.45, 7) is 6.94. The van der Waals surface area contributed by atoms with Gasteiger partial charge in [-0.1, -0.05) is 20.8 Å². The Morgan fingerprint density at radius 1 is 1.13 bits per heavy atom. The Bertz CT molecular complexity index is 655. The molecule has 4 aliphatic rings. The Morgan fingerprint density at radius 3 is 2.57 bits per heavy atom. The molecule has 0 aromatic heterocycles. The number of hydrogen-bond acceptors (Lipinski definition) is 5. The van der Waals surface area contributed by atoms with E-state index in [0.29, 0.717) is 36.0 Å². The number of fused-ring (bicyclic) bond motifs is 5. The molecular weight excluding hydrogens is 378 g/mol. The largest absolute Gasteiger partial charge is 0.469 e. The van der Waals surface area contributed by atoms with Crippen LogP contribution in [0, 0.1) is 46.3 Å². The summed E-state index contributed by atoms with van der Waals surface area (Å²) in [6, 6.07) is 0.261. The molecule has 0 amide bonds. The number of carbonyl (C=O) groups excluding carboxylic acids is 1. The molecule has 11 atom stereocenters. The molecule has 4 N–H and O–H groups in total. The zero-order valence-electron chi connectivity index (χ0n) is 19.3. The molecule has 0 saturated heterocycles. The van der Waals surface area contributed by atoms with Crippen molar-refractivity contribution in [3.63, 3.8) is 0 Å². The van der Waals surface area contributed by atoms with E-state index in [1.807, 2.05) is 0 Å². The minimum Gasteiger partial charge on any atom is -0.469 e. The van der Waals surface area contributed by atoms with Gasteiger partial charge in [-0.2, -0.15) is 0 Å². The molecular formula is C25H43NO4. The van der Waals surface area contributed by atoms with Gasteiger partial charge in [-0.25, -0.2) is 0 Å². The van der Waals surface area contributed by atoms with Gasteiger partial charge in [-0.05, 0) is 97.7 Å². The Kier molecular flexibility index (Phi) is 6.04. The van der Waals surface area contributed by atoms with Gasteiger partial charge >= 0.3 is 5.97 Å². The Morgan fingerprint density at radius 2 is 1.87 bits per heavy atom. The van der Waals surface area contributed by atoms with Crippen LogP contribution in [0.4, 0.5) is 0 Å². The monoisotopic (exact) mass is 421 g/mol. The highest BCUT2D eigenvalue weighted by atomic mass is 16.5. The van der Waals surface area contributed by atoms with Gasteiger partial charge in [-0.3, -0.25) is 4.79 Å². The van der Waals surface area contributed by atoms with Crippen LogP contribution < -0.4 is 5.73 Å². The first-order valence-corrected chi connectivity index (χ1v) is 12.3. The van der Waals surface area contributed by atoms with Crippen molar-refractivity contribution in [2.24, 2.45) is 52.1 Å². The zero-order valence-corrected chi connectivity index (χ0v) is 19.3. The quantitative estimate of drug-likeness (QED) is 0.604. The smallest absolute Gasteiger partial charge is 0.305 e. The molecule has 5 nitrogen and oxygen atoms in total. The second kappa shape index (κ2) is 8.04. The number of hydrogen-bond donors (Lipinski definition) is 3. The summed E-state index contributed by atoms with van der Waals surface area (Å²) in [7, 11) is 1.45. The number of carbonyl (C=O) groups is 1. The SMILES string of the molecule is COC(=O)CC[C@@H](C)C1CCC2[C@@H]3C(CC(O)C21C)C1(C)CC[C@@H](N)C[C@H]1C[C@@H]3O. The summed E-state index contributed by atoms with van der Waals surface area (Å²) >= 11 is 0. The molecule has 4 fully saturated rings. The van der Waals surface area contributed by atoms with Gasteiger partial charge in [0, 0.05) is 12.5 Å². The predicted octanol–water partition coefficient (Wildman–Crippen LogP) is 3.50. The van der Waals surface area contributed by atoms with Gasteiger partial charge < -0.3 is 20.7 Å². The van der Waals surface area contributed by atoms with Gasteiger partial charge in [0.05, 0.1) is 19.3 Å². The fourth-order valence-corrected chi connectivity index (χ4v) is 8.84. The second-order valence-electron chi connectivity index (χ2n) is 11.7. The number of esters is 1. The Hall–Kier alpha value is -0.650. The van der Waals surface area contributed by atoms with Gasteiger partial charge in [0.15, 0.2) is 0 Å². The number of rotatable bonds is 4. The molecule has 0 aliphatic heterocycles. The maximum Gasteiger partial charge on any atom is 0.305 e. The van der Waals surface area contributed by atoms with Crippen LogP contribution in [0.2, 0.25) is 0 Å². The Labute approximate surface area is 182 Å². The molecule has 4 saturated carbocycles. The lowest BCUT2D eigenvalue weighted by Crippen LogP contribution is -2.62. The van der Waals surface area contributed by atoms with Crippen molar-refractivity contribution in [1.82, 2.24) is 0 Å². The van der Waals surface area contributed by atoms with Crippen molar-refractivity contribution in [1.29, 1.82) is 0 Å². The van der Waals surface area contributed by atoms with E-state index in [9.17, 15) is 15.0 Å². The maximum atomic E-state index is 11.7. The first kappa shape index (κ1) is 22.5. The lowest BCUT2D eigenvalue weighted by Gasteiger charge is -2.63. The van der Waals surface area contributed by atoms with Crippen LogP contribution in [0.3, 0.4) is 0 Å². The topological polar surface area (TPSA) is 92.8 Å². The summed E-state index contributed by atoms with van der Waals surface area (Å²) in [6.07, 6.45) is 7.69. The van der Waals surface area contributed by atoms with Crippen LogP contribution in [0.15, 0.2) is 0 Å². The summed E-state index contributed by atoms with van der Waals surface area (Å²) in [5, 5.41) is 22.9. The molecule has 4 rings (SSSR count). The summed E-state index contributed by atoms with van der Waals surface area (Å²) in [5.74, 6) is 2.11. The van der Waals surface area contributed by atoms with Crippen molar-refractivity contribution in [2.75, 3.05) is 7.11 Å². The third-order valence-corrected chi connectivity index (χ3v) is 10.6. The minimum atomic E-state index is -0.338. The number of aliphatic hydroxyl groups is 2. The van der Waals surface area contributed by atoms with Gasteiger partial charge in [0.2, 0.25) is 0 Å². The average molecular weight is 422 g/mol. The fourth-order valence-electron chi connectivity index (χ4n) is 8.84. The first-order chi connectivity index (χ1) is 14.1. The third kappa shape index (κ3) is 3.34. The van der Waals surface area contributed by atoms with E-state index >= 15 is 0 Å². The zero-order chi connectivity index (χ0) is 21.8. The van der Waals surface area contributed by atoms with Crippen LogP contribution >= 0.6 is 0 Å². The minimum absolute atomic E-state index is 0.150. The Balaban J connectivity index is 1.58. The van der Waals surface area contributed by atoms with Crippen molar-refractivity contribution >= 4 is 5.97 Å². The number of ether oxygens (including phenoxy) is 1. The van der Waals surface area contributed by atoms with Gasteiger partial charge in [-0.15, -0.1) is 0 Å². The molecule has 5 heteroatoms. The highest BCUT2D eigenvalue weighted by Gasteiger charge is 2.65. The highest BCUT2D eigenvalue weighted by Crippen LogP contribution is 2.68. The van der Waals surface area contributed by atoms with E-state index in [-0.39, 0.29) is 41.0 Å². The molecule has 0 bridgehead atoms. The van der Waals surface area contributed by atoms with E-state index in [1.165, 1.54) is 7.11 Å². The van der Waals surface area contributed by atoms with E-state index in [1.54, 1.807) is 0 Å². The summed E-state index contributed by atoms with van der Waals surface area (Å²) in [4.78, 5) is 11.7. The molecule has 0 radical (unpaired) electrons. The molecule has 6 unspecified atom stereocenters. The van der Waals surface area contributed by atoms with E-state index in [0.717, 1.165) is 51.4 Å². The van der Waals surface area contributed by atoms with Crippen molar-refractivity contribution in [3.8, 4) is 0 Å². The standard InChI is InChI=1S/C25H43NO4/c1-14(5-8-22(29)30-4)17-6-7-18-23-19(13-21(28)25(17,18)3)24(2)10-9-16(26)11-15(24)12-20(23)27/h14-21,23,27-28H,5-13,26H2,1-4H3/t14-,15+,16-,17?,18?,19?,20+,21?,23-,24?,25?/m1/s1. The summed E-state index contributed by atoms with van der Waals surface area (Å²) in [5.41, 5.74) is 6.31. The van der Waals surface area contributed by atoms with Gasteiger partial charge in [0.1, 0.15) is 0 Å². The first-order valence-electron chi connectivity index (χ1n) is 12.3. The third-order valence-electron chi connectivity index (χ3n) is 10.6. The molecule has 0 heterocycles. The molecule has 4 aliphatic carbocycles. The average Bonchev–Trinajstić information content (AvgIpc) is 3.06. The van der Waals surface area contributed by atoms with Crippen LogP contribution in [-0.2, 0) is 9.53 Å². The van der Waals surface area contributed by atoms with Crippen LogP contribution in [0.1, 0.15) is 78.6 Å². The molecule has 0 spiro atoms. The van der Waals surface area contributed by atoms with Gasteiger partial charge in [0.25, 0.3) is 0 Å². The number of nitrogens with two attached hydrogens (primary N) is 1. The molecule has 0 aromatic rings. The second-order valence-corrected chi connectivity index (χ2v) is 11.7. The fraction of sp³-hybridized carbons (Fsp3) is 0.960. The van der Waals surface area contributed by atoms with E-state index < -0.39 is 0 Å². The normalized spacial score (nSPS) is 51.4. The van der Waals surface area contributed by atoms with Crippen molar-refractivity contribution in [3.05, 3.63) is 0 Å².